The maximum absolute atomic E-state index is 13.6. The second kappa shape index (κ2) is 8.71. The van der Waals surface area contributed by atoms with Gasteiger partial charge in [-0.1, -0.05) is 56.3 Å². The number of hydrogen-bond acceptors (Lipinski definition) is 4. The SMILES string of the molecule is CC(C)CN1C(=O)N(Cc2ccccc2)C2(CCN(Cc3cccc(O)c3)CC2)C1=O. The van der Waals surface area contributed by atoms with Gasteiger partial charge in [0, 0.05) is 32.7 Å². The number of urea groups is 1. The highest BCUT2D eigenvalue weighted by atomic mass is 16.3. The number of amides is 3. The van der Waals surface area contributed by atoms with Gasteiger partial charge < -0.3 is 10.0 Å². The van der Waals surface area contributed by atoms with Crippen LogP contribution in [0.5, 0.6) is 5.75 Å². The number of carbonyl (C=O) groups is 2. The summed E-state index contributed by atoms with van der Waals surface area (Å²) in [6, 6.07) is 17.0. The second-order valence-electron chi connectivity index (χ2n) is 9.14. The Labute approximate surface area is 184 Å². The molecule has 2 fully saturated rings. The maximum Gasteiger partial charge on any atom is 0.327 e. The van der Waals surface area contributed by atoms with Crippen molar-refractivity contribution in [2.45, 2.75) is 45.3 Å². The van der Waals surface area contributed by atoms with Gasteiger partial charge in [-0.2, -0.15) is 0 Å². The Morgan fingerprint density at radius 3 is 2.26 bits per heavy atom. The van der Waals surface area contributed by atoms with E-state index in [2.05, 4.69) is 4.90 Å². The summed E-state index contributed by atoms with van der Waals surface area (Å²) in [5, 5.41) is 9.74. The van der Waals surface area contributed by atoms with Gasteiger partial charge in [-0.05, 0) is 42.0 Å². The normalized spacial score (nSPS) is 19.1. The first-order valence-corrected chi connectivity index (χ1v) is 11.1. The van der Waals surface area contributed by atoms with Crippen LogP contribution in [0.3, 0.4) is 0 Å². The summed E-state index contributed by atoms with van der Waals surface area (Å²) in [6.07, 6.45) is 1.25. The smallest absolute Gasteiger partial charge is 0.327 e. The second-order valence-corrected chi connectivity index (χ2v) is 9.14. The fraction of sp³-hybridized carbons (Fsp3) is 0.440. The van der Waals surface area contributed by atoms with E-state index in [1.54, 1.807) is 12.1 Å². The van der Waals surface area contributed by atoms with Crippen molar-refractivity contribution in [1.29, 1.82) is 0 Å². The largest absolute Gasteiger partial charge is 0.508 e. The van der Waals surface area contributed by atoms with Crippen molar-refractivity contribution in [1.82, 2.24) is 14.7 Å². The molecule has 0 atom stereocenters. The molecule has 2 aliphatic heterocycles. The molecular weight excluding hydrogens is 390 g/mol. The van der Waals surface area contributed by atoms with E-state index in [9.17, 15) is 14.7 Å². The van der Waals surface area contributed by atoms with E-state index in [0.717, 1.165) is 30.8 Å². The number of rotatable bonds is 6. The lowest BCUT2D eigenvalue weighted by Crippen LogP contribution is -2.56. The molecule has 2 aromatic carbocycles. The van der Waals surface area contributed by atoms with Gasteiger partial charge in [0.05, 0.1) is 0 Å². The first-order valence-electron chi connectivity index (χ1n) is 11.1. The molecule has 2 aliphatic rings. The molecule has 1 N–H and O–H groups in total. The summed E-state index contributed by atoms with van der Waals surface area (Å²) in [7, 11) is 0. The zero-order valence-corrected chi connectivity index (χ0v) is 18.3. The van der Waals surface area contributed by atoms with Crippen molar-refractivity contribution in [2.24, 2.45) is 5.92 Å². The van der Waals surface area contributed by atoms with Crippen LogP contribution in [0.15, 0.2) is 54.6 Å². The fourth-order valence-electron chi connectivity index (χ4n) is 4.77. The average molecular weight is 422 g/mol. The van der Waals surface area contributed by atoms with E-state index < -0.39 is 5.54 Å². The summed E-state index contributed by atoms with van der Waals surface area (Å²) >= 11 is 0. The van der Waals surface area contributed by atoms with Crippen LogP contribution in [0.4, 0.5) is 4.79 Å². The third kappa shape index (κ3) is 4.30. The van der Waals surface area contributed by atoms with Gasteiger partial charge in [0.15, 0.2) is 0 Å². The quantitative estimate of drug-likeness (QED) is 0.720. The zero-order valence-electron chi connectivity index (χ0n) is 18.3. The summed E-state index contributed by atoms with van der Waals surface area (Å²) in [5.41, 5.74) is 1.32. The average Bonchev–Trinajstić information content (AvgIpc) is 2.92. The first kappa shape index (κ1) is 21.4. The molecule has 1 spiro atoms. The summed E-state index contributed by atoms with van der Waals surface area (Å²) < 4.78 is 0. The Kier molecular flexibility index (Phi) is 6.01. The van der Waals surface area contributed by atoms with Gasteiger partial charge in [0.25, 0.3) is 5.91 Å². The Hall–Kier alpha value is -2.86. The minimum atomic E-state index is -0.767. The molecular formula is C25H31N3O3. The zero-order chi connectivity index (χ0) is 22.0. The highest BCUT2D eigenvalue weighted by Crippen LogP contribution is 2.39. The van der Waals surface area contributed by atoms with Crippen LogP contribution < -0.4 is 0 Å². The lowest BCUT2D eigenvalue weighted by Gasteiger charge is -2.42. The molecule has 4 rings (SSSR count). The minimum absolute atomic E-state index is 0.0425. The van der Waals surface area contributed by atoms with Crippen LogP contribution in [0.1, 0.15) is 37.8 Å². The van der Waals surface area contributed by atoms with Crippen molar-refractivity contribution in [2.75, 3.05) is 19.6 Å². The van der Waals surface area contributed by atoms with Gasteiger partial charge in [-0.25, -0.2) is 4.79 Å². The third-order valence-corrected chi connectivity index (χ3v) is 6.35. The molecule has 6 heteroatoms. The summed E-state index contributed by atoms with van der Waals surface area (Å²) in [6.45, 7) is 7.16. The van der Waals surface area contributed by atoms with Crippen LogP contribution in [-0.4, -0.2) is 56.9 Å². The summed E-state index contributed by atoms with van der Waals surface area (Å²) in [4.78, 5) is 32.5. The molecule has 0 radical (unpaired) electrons. The third-order valence-electron chi connectivity index (χ3n) is 6.35. The number of aromatic hydroxyl groups is 1. The topological polar surface area (TPSA) is 64.1 Å². The number of piperidine rings is 1. The van der Waals surface area contributed by atoms with Gasteiger partial charge >= 0.3 is 6.03 Å². The number of nitrogens with zero attached hydrogens (tertiary/aromatic N) is 3. The molecule has 0 aromatic heterocycles. The fourth-order valence-corrected chi connectivity index (χ4v) is 4.77. The molecule has 3 amide bonds. The predicted octanol–water partition coefficient (Wildman–Crippen LogP) is 3.85. The van der Waals surface area contributed by atoms with Crippen LogP contribution in [-0.2, 0) is 17.9 Å². The van der Waals surface area contributed by atoms with E-state index in [0.29, 0.717) is 25.9 Å². The van der Waals surface area contributed by atoms with Gasteiger partial charge in [-0.15, -0.1) is 0 Å². The van der Waals surface area contributed by atoms with Crippen LogP contribution in [0, 0.1) is 5.92 Å². The van der Waals surface area contributed by atoms with Crippen molar-refractivity contribution >= 4 is 11.9 Å². The van der Waals surface area contributed by atoms with Gasteiger partial charge in [-0.3, -0.25) is 14.6 Å². The molecule has 0 aliphatic carbocycles. The molecule has 2 saturated heterocycles. The van der Waals surface area contributed by atoms with Crippen LogP contribution >= 0.6 is 0 Å². The number of benzene rings is 2. The first-order chi connectivity index (χ1) is 14.9. The number of phenolic OH excluding ortho intramolecular Hbond substituents is 1. The van der Waals surface area contributed by atoms with Gasteiger partial charge in [0.1, 0.15) is 11.3 Å². The van der Waals surface area contributed by atoms with Crippen molar-refractivity contribution < 1.29 is 14.7 Å². The highest BCUT2D eigenvalue weighted by Gasteiger charge is 2.57. The highest BCUT2D eigenvalue weighted by molar-refractivity contribution is 6.07. The molecule has 6 nitrogen and oxygen atoms in total. The van der Waals surface area contributed by atoms with E-state index in [1.807, 2.05) is 61.2 Å². The number of hydrogen-bond donors (Lipinski definition) is 1. The molecule has 164 valence electrons. The number of likely N-dealkylation sites (tertiary alicyclic amines) is 1. The van der Waals surface area contributed by atoms with E-state index >= 15 is 0 Å². The molecule has 2 aromatic rings. The molecule has 31 heavy (non-hydrogen) atoms. The lowest BCUT2D eigenvalue weighted by atomic mass is 9.85. The van der Waals surface area contributed by atoms with Crippen LogP contribution in [0.2, 0.25) is 0 Å². The lowest BCUT2D eigenvalue weighted by molar-refractivity contribution is -0.136. The van der Waals surface area contributed by atoms with E-state index in [1.165, 1.54) is 4.90 Å². The molecule has 0 unspecified atom stereocenters. The van der Waals surface area contributed by atoms with E-state index in [-0.39, 0.29) is 23.6 Å². The van der Waals surface area contributed by atoms with Crippen molar-refractivity contribution in [3.63, 3.8) is 0 Å². The maximum atomic E-state index is 13.6. The number of phenols is 1. The molecule has 0 saturated carbocycles. The monoisotopic (exact) mass is 421 g/mol. The Morgan fingerprint density at radius 1 is 0.935 bits per heavy atom. The van der Waals surface area contributed by atoms with Gasteiger partial charge in [0.2, 0.25) is 0 Å². The van der Waals surface area contributed by atoms with Crippen molar-refractivity contribution in [3.8, 4) is 5.75 Å². The number of carbonyl (C=O) groups excluding carboxylic acids is 2. The minimum Gasteiger partial charge on any atom is -0.508 e. The molecule has 0 bridgehead atoms. The Bertz CT molecular complexity index is 936. The van der Waals surface area contributed by atoms with Crippen molar-refractivity contribution in [3.05, 3.63) is 65.7 Å². The van der Waals surface area contributed by atoms with E-state index in [4.69, 9.17) is 0 Å². The molecule has 2 heterocycles. The Balaban J connectivity index is 1.54. The Morgan fingerprint density at radius 2 is 1.61 bits per heavy atom. The number of imide groups is 1. The predicted molar refractivity (Wildman–Crippen MR) is 119 cm³/mol. The van der Waals surface area contributed by atoms with Crippen LogP contribution in [0.25, 0.3) is 0 Å². The standard InChI is InChI=1S/C25H31N3O3/c1-19(2)16-27-23(30)25(28(24(27)31)18-20-7-4-3-5-8-20)11-13-26(14-12-25)17-21-9-6-10-22(29)15-21/h3-10,15,19,29H,11-14,16-18H2,1-2H3. The summed E-state index contributed by atoms with van der Waals surface area (Å²) in [5.74, 6) is 0.451.